The molecule has 1 amide bonds. The third kappa shape index (κ3) is 3.39. The van der Waals surface area contributed by atoms with Crippen LogP contribution >= 0.6 is 0 Å². The summed E-state index contributed by atoms with van der Waals surface area (Å²) in [6.45, 7) is 6.01. The fraction of sp³-hybridized carbons (Fsp3) is 0.417. The number of amides is 1. The molecule has 1 saturated carbocycles. The van der Waals surface area contributed by atoms with Crippen molar-refractivity contribution in [3.8, 4) is 11.5 Å². The van der Waals surface area contributed by atoms with Crippen molar-refractivity contribution in [1.82, 2.24) is 0 Å². The second-order valence-corrected chi connectivity index (χ2v) is 7.31. The van der Waals surface area contributed by atoms with Crippen LogP contribution in [0.3, 0.4) is 0 Å². The van der Waals surface area contributed by atoms with Crippen molar-refractivity contribution in [2.24, 2.45) is 0 Å². The van der Waals surface area contributed by atoms with E-state index in [0.717, 1.165) is 41.8 Å². The summed E-state index contributed by atoms with van der Waals surface area (Å²) in [5.41, 5.74) is 2.86. The number of benzene rings is 2. The van der Waals surface area contributed by atoms with E-state index in [1.165, 1.54) is 0 Å². The molecule has 2 aromatic carbocycles. The van der Waals surface area contributed by atoms with Crippen LogP contribution in [0.2, 0.25) is 0 Å². The van der Waals surface area contributed by atoms with Crippen molar-refractivity contribution in [3.63, 3.8) is 0 Å². The molecule has 0 bridgehead atoms. The zero-order valence-electron chi connectivity index (χ0n) is 17.9. The number of carbonyl (C=O) groups is 2. The molecule has 4 rings (SSSR count). The Morgan fingerprint density at radius 1 is 1.07 bits per heavy atom. The molecule has 1 aliphatic heterocycles. The van der Waals surface area contributed by atoms with Crippen molar-refractivity contribution in [2.45, 2.75) is 52.0 Å². The molecule has 0 radical (unpaired) electrons. The van der Waals surface area contributed by atoms with Gasteiger partial charge in [0.25, 0.3) is 0 Å². The first-order valence-electron chi connectivity index (χ1n) is 10.2. The lowest BCUT2D eigenvalue weighted by Gasteiger charge is -2.37. The van der Waals surface area contributed by atoms with Crippen molar-refractivity contribution < 1.29 is 19.1 Å². The van der Waals surface area contributed by atoms with E-state index in [1.54, 1.807) is 27.2 Å². The first-order chi connectivity index (χ1) is 14.0. The van der Waals surface area contributed by atoms with Crippen LogP contribution in [-0.4, -0.2) is 25.9 Å². The van der Waals surface area contributed by atoms with Gasteiger partial charge >= 0.3 is 0 Å². The summed E-state index contributed by atoms with van der Waals surface area (Å²) in [4.78, 5) is 27.2. The highest BCUT2D eigenvalue weighted by Crippen LogP contribution is 2.56. The monoisotopic (exact) mass is 395 g/mol. The SMILES string of the molecule is CC.COc1ccc(CN2C(=O)C3(CCC3)c3cc(C(C)=O)cc(OC)c32)cc1. The van der Waals surface area contributed by atoms with E-state index in [9.17, 15) is 9.59 Å². The Labute approximate surface area is 172 Å². The number of hydrogen-bond donors (Lipinski definition) is 0. The van der Waals surface area contributed by atoms with Gasteiger partial charge in [-0.1, -0.05) is 32.4 Å². The first kappa shape index (κ1) is 20.9. The predicted molar refractivity (Wildman–Crippen MR) is 114 cm³/mol. The van der Waals surface area contributed by atoms with Crippen molar-refractivity contribution in [2.75, 3.05) is 19.1 Å². The lowest BCUT2D eigenvalue weighted by molar-refractivity contribution is -0.126. The average Bonchev–Trinajstić information content (AvgIpc) is 2.97. The van der Waals surface area contributed by atoms with Crippen LogP contribution < -0.4 is 14.4 Å². The van der Waals surface area contributed by atoms with E-state index in [0.29, 0.717) is 17.9 Å². The summed E-state index contributed by atoms with van der Waals surface area (Å²) < 4.78 is 10.8. The Morgan fingerprint density at radius 2 is 1.72 bits per heavy atom. The molecule has 1 heterocycles. The van der Waals surface area contributed by atoms with Gasteiger partial charge in [0.1, 0.15) is 11.5 Å². The number of ether oxygens (including phenoxy) is 2. The summed E-state index contributed by atoms with van der Waals surface area (Å²) in [7, 11) is 3.22. The summed E-state index contributed by atoms with van der Waals surface area (Å²) in [5, 5.41) is 0. The average molecular weight is 395 g/mol. The number of rotatable bonds is 5. The second kappa shape index (κ2) is 8.27. The van der Waals surface area contributed by atoms with Crippen molar-refractivity contribution in [3.05, 3.63) is 53.1 Å². The zero-order chi connectivity index (χ0) is 21.2. The third-order valence-corrected chi connectivity index (χ3v) is 5.85. The number of methoxy groups -OCH3 is 2. The van der Waals surface area contributed by atoms with Gasteiger partial charge < -0.3 is 14.4 Å². The molecule has 2 aliphatic rings. The first-order valence-corrected chi connectivity index (χ1v) is 10.2. The second-order valence-electron chi connectivity index (χ2n) is 7.31. The van der Waals surface area contributed by atoms with Gasteiger partial charge in [-0.2, -0.15) is 0 Å². The van der Waals surface area contributed by atoms with E-state index in [2.05, 4.69) is 0 Å². The molecular weight excluding hydrogens is 366 g/mol. The van der Waals surface area contributed by atoms with Gasteiger partial charge in [-0.3, -0.25) is 9.59 Å². The highest BCUT2D eigenvalue weighted by atomic mass is 16.5. The minimum Gasteiger partial charge on any atom is -0.497 e. The molecule has 154 valence electrons. The molecule has 1 fully saturated rings. The van der Waals surface area contributed by atoms with Crippen LogP contribution in [0, 0.1) is 0 Å². The smallest absolute Gasteiger partial charge is 0.238 e. The number of ketones is 1. The predicted octanol–water partition coefficient (Wildman–Crippen LogP) is 4.90. The van der Waals surface area contributed by atoms with E-state index in [4.69, 9.17) is 9.47 Å². The highest BCUT2D eigenvalue weighted by Gasteiger charge is 2.55. The Kier molecular flexibility index (Phi) is 5.96. The molecule has 0 unspecified atom stereocenters. The van der Waals surface area contributed by atoms with E-state index < -0.39 is 5.41 Å². The molecule has 5 heteroatoms. The third-order valence-electron chi connectivity index (χ3n) is 5.85. The maximum Gasteiger partial charge on any atom is 0.238 e. The van der Waals surface area contributed by atoms with Gasteiger partial charge in [0.05, 0.1) is 31.9 Å². The van der Waals surface area contributed by atoms with Crippen LogP contribution in [0.25, 0.3) is 0 Å². The quantitative estimate of drug-likeness (QED) is 0.676. The Balaban J connectivity index is 0.00000117. The van der Waals surface area contributed by atoms with Gasteiger partial charge in [0.15, 0.2) is 5.78 Å². The molecule has 0 aromatic heterocycles. The van der Waals surface area contributed by atoms with E-state index in [1.807, 2.05) is 49.1 Å². The van der Waals surface area contributed by atoms with Crippen LogP contribution in [0.4, 0.5) is 5.69 Å². The standard InChI is InChI=1S/C22H23NO4.C2H6/c1-14(24)16-11-18-20(19(12-16)27-3)23(21(25)22(18)9-4-10-22)13-15-5-7-17(26-2)8-6-15;1-2/h5-8,11-12H,4,9-10,13H2,1-3H3;1-2H3. The lowest BCUT2D eigenvalue weighted by atomic mass is 9.65. The van der Waals surface area contributed by atoms with Gasteiger partial charge in [0, 0.05) is 5.56 Å². The summed E-state index contributed by atoms with van der Waals surface area (Å²) in [6, 6.07) is 11.4. The van der Waals surface area contributed by atoms with Gasteiger partial charge in [-0.25, -0.2) is 0 Å². The minimum atomic E-state index is -0.499. The number of carbonyl (C=O) groups excluding carboxylic acids is 2. The number of anilines is 1. The van der Waals surface area contributed by atoms with E-state index >= 15 is 0 Å². The highest BCUT2D eigenvalue weighted by molar-refractivity contribution is 6.11. The molecule has 1 spiro atoms. The van der Waals surface area contributed by atoms with Gasteiger partial charge in [-0.15, -0.1) is 0 Å². The topological polar surface area (TPSA) is 55.8 Å². The normalized spacial score (nSPS) is 15.9. The van der Waals surface area contributed by atoms with E-state index in [-0.39, 0.29) is 11.7 Å². The fourth-order valence-electron chi connectivity index (χ4n) is 4.16. The number of hydrogen-bond acceptors (Lipinski definition) is 4. The maximum absolute atomic E-state index is 13.4. The lowest BCUT2D eigenvalue weighted by Crippen LogP contribution is -2.44. The van der Waals surface area contributed by atoms with Crippen molar-refractivity contribution >= 4 is 17.4 Å². The molecule has 0 saturated heterocycles. The summed E-state index contributed by atoms with van der Waals surface area (Å²) in [6.07, 6.45) is 2.67. The minimum absolute atomic E-state index is 0.0216. The molecule has 1 aliphatic carbocycles. The maximum atomic E-state index is 13.4. The van der Waals surface area contributed by atoms with Crippen LogP contribution in [0.15, 0.2) is 36.4 Å². The van der Waals surface area contributed by atoms with Gasteiger partial charge in [0.2, 0.25) is 5.91 Å². The van der Waals surface area contributed by atoms with Crippen LogP contribution in [0.1, 0.15) is 61.5 Å². The summed E-state index contributed by atoms with van der Waals surface area (Å²) >= 11 is 0. The van der Waals surface area contributed by atoms with Gasteiger partial charge in [-0.05, 0) is 55.2 Å². The zero-order valence-corrected chi connectivity index (χ0v) is 17.9. The molecule has 5 nitrogen and oxygen atoms in total. The van der Waals surface area contributed by atoms with Crippen molar-refractivity contribution in [1.29, 1.82) is 0 Å². The number of fused-ring (bicyclic) bond motifs is 2. The fourth-order valence-corrected chi connectivity index (χ4v) is 4.16. The number of Topliss-reactive ketones (excluding diaryl/α,β-unsaturated/α-hetero) is 1. The van der Waals surface area contributed by atoms with Crippen LogP contribution in [-0.2, 0) is 16.8 Å². The Hall–Kier alpha value is -2.82. The molecule has 0 atom stereocenters. The Morgan fingerprint density at radius 3 is 2.21 bits per heavy atom. The molecule has 2 aromatic rings. The largest absolute Gasteiger partial charge is 0.497 e. The molecule has 0 N–H and O–H groups in total. The number of nitrogens with zero attached hydrogens (tertiary/aromatic N) is 1. The summed E-state index contributed by atoms with van der Waals surface area (Å²) in [5.74, 6) is 1.46. The van der Waals surface area contributed by atoms with Crippen LogP contribution in [0.5, 0.6) is 11.5 Å². The molecule has 29 heavy (non-hydrogen) atoms. The molecular formula is C24H29NO4. The Bertz CT molecular complexity index is 913.